The predicted molar refractivity (Wildman–Crippen MR) is 31.8 cm³/mol. The van der Waals surface area contributed by atoms with Gasteiger partial charge < -0.3 is 15.4 Å². The molecule has 0 amide bonds. The number of anilines is 1. The van der Waals surface area contributed by atoms with Crippen LogP contribution in [0.25, 0.3) is 5.43 Å². The number of hydrogen-bond donors (Lipinski definition) is 2. The van der Waals surface area contributed by atoms with Gasteiger partial charge in [-0.1, -0.05) is 4.79 Å². The summed E-state index contributed by atoms with van der Waals surface area (Å²) in [4.78, 5) is 1.17. The Morgan fingerprint density at radius 1 is 1.90 bits per heavy atom. The van der Waals surface area contributed by atoms with E-state index < -0.39 is 0 Å². The van der Waals surface area contributed by atoms with Gasteiger partial charge in [0.25, 0.3) is 12.1 Å². The standard InChI is InChI=1S/C4H8N4O2/c5-4-3-8(7-10-4)6-1-2-9/h3,9H,1-2,5H2. The number of nitrogens with two attached hydrogens (primary N) is 1. The van der Waals surface area contributed by atoms with Crippen molar-refractivity contribution in [1.82, 2.24) is 5.27 Å². The molecular formula is C4H8N4O2. The summed E-state index contributed by atoms with van der Waals surface area (Å²) in [6.45, 7) is 0.274. The van der Waals surface area contributed by atoms with Crippen molar-refractivity contribution < 1.29 is 14.4 Å². The molecule has 0 aliphatic rings. The summed E-state index contributed by atoms with van der Waals surface area (Å²) in [7, 11) is 0. The third-order valence-electron chi connectivity index (χ3n) is 0.817. The van der Waals surface area contributed by atoms with E-state index in [1.165, 1.54) is 11.0 Å². The summed E-state index contributed by atoms with van der Waals surface area (Å²) in [6, 6.07) is 0. The van der Waals surface area contributed by atoms with Crippen molar-refractivity contribution in [3.8, 4) is 0 Å². The Labute approximate surface area is 57.2 Å². The average molecular weight is 144 g/mol. The molecule has 1 heterocycles. The lowest BCUT2D eigenvalue weighted by molar-refractivity contribution is -0.697. The van der Waals surface area contributed by atoms with Crippen molar-refractivity contribution in [3.63, 3.8) is 0 Å². The molecule has 0 unspecified atom stereocenters. The van der Waals surface area contributed by atoms with E-state index in [2.05, 4.69) is 15.2 Å². The highest BCUT2D eigenvalue weighted by Crippen LogP contribution is 1.90. The molecule has 6 heteroatoms. The predicted octanol–water partition coefficient (Wildman–Crippen LogP) is -1.33. The molecule has 0 saturated carbocycles. The highest BCUT2D eigenvalue weighted by molar-refractivity contribution is 5.11. The minimum absolute atomic E-state index is 0.0141. The van der Waals surface area contributed by atoms with Crippen LogP contribution in [0.2, 0.25) is 0 Å². The van der Waals surface area contributed by atoms with Crippen molar-refractivity contribution in [3.05, 3.63) is 11.6 Å². The maximum atomic E-state index is 8.34. The Kier molecular flexibility index (Phi) is 2.06. The van der Waals surface area contributed by atoms with Crippen LogP contribution in [0.1, 0.15) is 0 Å². The normalized spacial score (nSPS) is 9.70. The summed E-state index contributed by atoms with van der Waals surface area (Å²) < 4.78 is 4.48. The summed E-state index contributed by atoms with van der Waals surface area (Å²) >= 11 is 0. The molecule has 6 nitrogen and oxygen atoms in total. The molecule has 1 aromatic rings. The van der Waals surface area contributed by atoms with Crippen LogP contribution in [0.5, 0.6) is 0 Å². The van der Waals surface area contributed by atoms with Crippen molar-refractivity contribution in [2.24, 2.45) is 0 Å². The lowest BCUT2D eigenvalue weighted by Gasteiger charge is -1.94. The molecule has 0 bridgehead atoms. The SMILES string of the molecule is Nc1c[n+]([N-]CCO)no1. The first-order valence-electron chi connectivity index (χ1n) is 2.75. The van der Waals surface area contributed by atoms with Crippen molar-refractivity contribution in [2.75, 3.05) is 18.9 Å². The van der Waals surface area contributed by atoms with E-state index in [-0.39, 0.29) is 19.0 Å². The van der Waals surface area contributed by atoms with E-state index in [0.29, 0.717) is 0 Å². The number of rotatable bonds is 3. The van der Waals surface area contributed by atoms with Crippen LogP contribution < -0.4 is 10.5 Å². The summed E-state index contributed by atoms with van der Waals surface area (Å²) in [5.41, 5.74) is 8.91. The molecule has 0 radical (unpaired) electrons. The Morgan fingerprint density at radius 2 is 2.70 bits per heavy atom. The first-order chi connectivity index (χ1) is 4.83. The molecule has 0 saturated heterocycles. The first kappa shape index (κ1) is 6.81. The molecule has 0 aliphatic heterocycles. The molecule has 10 heavy (non-hydrogen) atoms. The van der Waals surface area contributed by atoms with Gasteiger partial charge in [0, 0.05) is 13.2 Å². The van der Waals surface area contributed by atoms with Crippen molar-refractivity contribution in [1.29, 1.82) is 0 Å². The quantitative estimate of drug-likeness (QED) is 0.514. The van der Waals surface area contributed by atoms with Crippen LogP contribution in [0.4, 0.5) is 5.88 Å². The molecule has 1 aromatic heterocycles. The highest BCUT2D eigenvalue weighted by Gasteiger charge is 1.96. The van der Waals surface area contributed by atoms with Gasteiger partial charge in [-0.15, -0.1) is 0 Å². The Hall–Kier alpha value is -1.30. The van der Waals surface area contributed by atoms with E-state index in [9.17, 15) is 0 Å². The van der Waals surface area contributed by atoms with E-state index in [4.69, 9.17) is 10.8 Å². The molecule has 0 atom stereocenters. The van der Waals surface area contributed by atoms with Gasteiger partial charge in [-0.05, 0) is 5.27 Å². The summed E-state index contributed by atoms with van der Waals surface area (Å²) in [6.07, 6.45) is 1.41. The first-order valence-corrected chi connectivity index (χ1v) is 2.75. The lowest BCUT2D eigenvalue weighted by atomic mass is 10.7. The van der Waals surface area contributed by atoms with Gasteiger partial charge >= 0.3 is 0 Å². The zero-order valence-corrected chi connectivity index (χ0v) is 5.27. The zero-order chi connectivity index (χ0) is 7.40. The van der Waals surface area contributed by atoms with Gasteiger partial charge in [-0.3, -0.25) is 0 Å². The maximum Gasteiger partial charge on any atom is 0.265 e. The van der Waals surface area contributed by atoms with Crippen LogP contribution in [0.15, 0.2) is 10.7 Å². The van der Waals surface area contributed by atoms with Gasteiger partial charge in [-0.25, -0.2) is 5.43 Å². The minimum atomic E-state index is -0.0141. The monoisotopic (exact) mass is 144 g/mol. The third kappa shape index (κ3) is 1.59. The topological polar surface area (TPSA) is 90.3 Å². The largest absolute Gasteiger partial charge is 0.396 e. The van der Waals surface area contributed by atoms with E-state index in [0.717, 1.165) is 0 Å². The van der Waals surface area contributed by atoms with Gasteiger partial charge in [0.05, 0.1) is 0 Å². The van der Waals surface area contributed by atoms with Gasteiger partial charge in [0.15, 0.2) is 0 Å². The summed E-state index contributed by atoms with van der Waals surface area (Å²) in [5, 5.41) is 11.7. The van der Waals surface area contributed by atoms with Crippen LogP contribution >= 0.6 is 0 Å². The Balaban J connectivity index is 2.42. The Bertz CT molecular complexity index is 199. The number of aliphatic hydroxyl groups excluding tert-OH is 1. The fourth-order valence-electron chi connectivity index (χ4n) is 0.464. The van der Waals surface area contributed by atoms with Gasteiger partial charge in [0.1, 0.15) is 0 Å². The van der Waals surface area contributed by atoms with E-state index in [1.54, 1.807) is 0 Å². The third-order valence-corrected chi connectivity index (χ3v) is 0.817. The number of aromatic nitrogens is 2. The molecule has 0 aliphatic carbocycles. The van der Waals surface area contributed by atoms with Crippen molar-refractivity contribution in [2.45, 2.75) is 0 Å². The van der Waals surface area contributed by atoms with Gasteiger partial charge in [0.2, 0.25) is 0 Å². The maximum absolute atomic E-state index is 8.34. The lowest BCUT2D eigenvalue weighted by Crippen LogP contribution is -2.31. The number of hydrogen-bond acceptors (Lipinski definition) is 4. The zero-order valence-electron chi connectivity index (χ0n) is 5.27. The Morgan fingerprint density at radius 3 is 3.20 bits per heavy atom. The fourth-order valence-corrected chi connectivity index (χ4v) is 0.464. The molecule has 3 N–H and O–H groups in total. The van der Waals surface area contributed by atoms with Crippen molar-refractivity contribution >= 4 is 5.88 Å². The number of aliphatic hydroxyl groups is 1. The summed E-state index contributed by atoms with van der Waals surface area (Å²) in [5.74, 6) is 0.196. The second-order valence-electron chi connectivity index (χ2n) is 1.61. The van der Waals surface area contributed by atoms with E-state index >= 15 is 0 Å². The second-order valence-corrected chi connectivity index (χ2v) is 1.61. The van der Waals surface area contributed by atoms with E-state index in [1.807, 2.05) is 0 Å². The molecule has 0 spiro atoms. The average Bonchev–Trinajstić information content (AvgIpc) is 2.31. The van der Waals surface area contributed by atoms with Crippen LogP contribution in [0, 0.1) is 0 Å². The second kappa shape index (κ2) is 3.02. The van der Waals surface area contributed by atoms with Crippen LogP contribution in [-0.2, 0) is 0 Å². The molecular weight excluding hydrogens is 136 g/mol. The molecule has 1 rings (SSSR count). The highest BCUT2D eigenvalue weighted by atomic mass is 16.5. The number of nitrogens with zero attached hydrogens (tertiary/aromatic N) is 3. The minimum Gasteiger partial charge on any atom is -0.396 e. The number of nitrogen functional groups attached to an aromatic ring is 1. The van der Waals surface area contributed by atoms with Crippen LogP contribution in [0.3, 0.4) is 0 Å². The fraction of sp³-hybridized carbons (Fsp3) is 0.500. The molecule has 0 aromatic carbocycles. The van der Waals surface area contributed by atoms with Gasteiger partial charge in [-0.2, -0.15) is 0 Å². The molecule has 0 fully saturated rings. The van der Waals surface area contributed by atoms with Crippen LogP contribution in [-0.4, -0.2) is 23.5 Å². The molecule has 56 valence electrons. The smallest absolute Gasteiger partial charge is 0.265 e.